The number of benzene rings is 1. The van der Waals surface area contributed by atoms with Crippen molar-refractivity contribution in [2.24, 2.45) is 5.73 Å². The average molecular weight is 298 g/mol. The van der Waals surface area contributed by atoms with Gasteiger partial charge in [-0.05, 0) is 24.1 Å². The Balaban J connectivity index is 2.20. The Hall–Kier alpha value is -1.06. The zero-order valence-corrected chi connectivity index (χ0v) is 12.9. The number of unbranched alkanes of at least 4 members (excludes halogenated alkanes) is 5. The molecule has 0 aliphatic carbocycles. The number of hydrogen-bond acceptors (Lipinski definition) is 3. The van der Waals surface area contributed by atoms with Crippen molar-refractivity contribution in [3.8, 4) is 0 Å². The summed E-state index contributed by atoms with van der Waals surface area (Å²) in [5, 5.41) is 0.626. The van der Waals surface area contributed by atoms with Crippen molar-refractivity contribution in [3.63, 3.8) is 0 Å². The minimum absolute atomic E-state index is 0.374. The van der Waals surface area contributed by atoms with E-state index in [9.17, 15) is 4.79 Å². The number of ether oxygens (including phenoxy) is 1. The lowest BCUT2D eigenvalue weighted by Gasteiger charge is -2.12. The highest BCUT2D eigenvalue weighted by Gasteiger charge is 2.16. The molecule has 0 bridgehead atoms. The summed E-state index contributed by atoms with van der Waals surface area (Å²) in [4.78, 5) is 11.8. The van der Waals surface area contributed by atoms with Crippen LogP contribution in [0.25, 0.3) is 0 Å². The van der Waals surface area contributed by atoms with Crippen molar-refractivity contribution in [1.82, 2.24) is 0 Å². The minimum Gasteiger partial charge on any atom is -0.464 e. The molecule has 0 aliphatic rings. The zero-order chi connectivity index (χ0) is 14.8. The fraction of sp³-hybridized carbons (Fsp3) is 0.562. The molecule has 1 rings (SSSR count). The van der Waals surface area contributed by atoms with Crippen LogP contribution in [-0.2, 0) is 9.53 Å². The van der Waals surface area contributed by atoms with E-state index in [1.54, 1.807) is 24.3 Å². The Labute approximate surface area is 126 Å². The van der Waals surface area contributed by atoms with Crippen LogP contribution >= 0.6 is 11.6 Å². The van der Waals surface area contributed by atoms with E-state index < -0.39 is 6.04 Å². The number of halogens is 1. The Kier molecular flexibility index (Phi) is 8.31. The molecule has 112 valence electrons. The first-order chi connectivity index (χ1) is 9.65. The molecule has 0 aliphatic heterocycles. The van der Waals surface area contributed by atoms with E-state index >= 15 is 0 Å². The van der Waals surface area contributed by atoms with Gasteiger partial charge in [-0.25, -0.2) is 4.79 Å². The second-order valence-electron chi connectivity index (χ2n) is 4.96. The van der Waals surface area contributed by atoms with E-state index in [1.165, 1.54) is 25.7 Å². The molecule has 20 heavy (non-hydrogen) atoms. The summed E-state index contributed by atoms with van der Waals surface area (Å²) in [6.07, 6.45) is 6.99. The van der Waals surface area contributed by atoms with E-state index in [-0.39, 0.29) is 5.97 Å². The van der Waals surface area contributed by atoms with Crippen LogP contribution in [0.2, 0.25) is 5.02 Å². The van der Waals surface area contributed by atoms with Gasteiger partial charge >= 0.3 is 5.97 Å². The molecule has 0 unspecified atom stereocenters. The van der Waals surface area contributed by atoms with Crippen molar-refractivity contribution in [1.29, 1.82) is 0 Å². The SMILES string of the molecule is CCCCCCCCOC(=O)[C@H](N)c1ccc(Cl)cc1. The third-order valence-corrected chi connectivity index (χ3v) is 3.48. The maximum atomic E-state index is 11.8. The predicted octanol–water partition coefficient (Wildman–Crippen LogP) is 4.24. The maximum absolute atomic E-state index is 11.8. The van der Waals surface area contributed by atoms with E-state index in [0.717, 1.165) is 18.4 Å². The highest BCUT2D eigenvalue weighted by molar-refractivity contribution is 6.30. The summed E-state index contributed by atoms with van der Waals surface area (Å²) in [7, 11) is 0. The summed E-state index contributed by atoms with van der Waals surface area (Å²) < 4.78 is 5.20. The normalized spacial score (nSPS) is 12.2. The first-order valence-electron chi connectivity index (χ1n) is 7.33. The molecule has 0 spiro atoms. The van der Waals surface area contributed by atoms with Gasteiger partial charge in [0.1, 0.15) is 6.04 Å². The van der Waals surface area contributed by atoms with Crippen LogP contribution in [0.5, 0.6) is 0 Å². The maximum Gasteiger partial charge on any atom is 0.327 e. The molecule has 0 amide bonds. The molecule has 0 radical (unpaired) electrons. The largest absolute Gasteiger partial charge is 0.464 e. The molecule has 2 N–H and O–H groups in total. The zero-order valence-electron chi connectivity index (χ0n) is 12.1. The van der Waals surface area contributed by atoms with Gasteiger partial charge in [0.25, 0.3) is 0 Å². The molecule has 4 heteroatoms. The van der Waals surface area contributed by atoms with E-state index in [2.05, 4.69) is 6.92 Å². The summed E-state index contributed by atoms with van der Waals surface area (Å²) >= 11 is 5.79. The van der Waals surface area contributed by atoms with Gasteiger partial charge in [0.05, 0.1) is 6.61 Å². The number of rotatable bonds is 9. The number of nitrogens with two attached hydrogens (primary N) is 1. The molecular weight excluding hydrogens is 274 g/mol. The van der Waals surface area contributed by atoms with Crippen molar-refractivity contribution in [3.05, 3.63) is 34.9 Å². The average Bonchev–Trinajstić information content (AvgIpc) is 2.46. The van der Waals surface area contributed by atoms with Crippen LogP contribution in [0, 0.1) is 0 Å². The second kappa shape index (κ2) is 9.78. The van der Waals surface area contributed by atoms with Gasteiger partial charge in [0, 0.05) is 5.02 Å². The number of carbonyl (C=O) groups excluding carboxylic acids is 1. The monoisotopic (exact) mass is 297 g/mol. The lowest BCUT2D eigenvalue weighted by atomic mass is 10.1. The predicted molar refractivity (Wildman–Crippen MR) is 82.7 cm³/mol. The van der Waals surface area contributed by atoms with Crippen LogP contribution in [0.15, 0.2) is 24.3 Å². The molecular formula is C16H24ClNO2. The Bertz CT molecular complexity index is 392. The molecule has 0 saturated carbocycles. The van der Waals surface area contributed by atoms with E-state index in [1.807, 2.05) is 0 Å². The molecule has 0 saturated heterocycles. The lowest BCUT2D eigenvalue weighted by Crippen LogP contribution is -2.24. The van der Waals surface area contributed by atoms with Gasteiger partial charge in [-0.15, -0.1) is 0 Å². The number of hydrogen-bond donors (Lipinski definition) is 1. The van der Waals surface area contributed by atoms with Gasteiger partial charge in [-0.3, -0.25) is 0 Å². The topological polar surface area (TPSA) is 52.3 Å². The van der Waals surface area contributed by atoms with Gasteiger partial charge in [-0.2, -0.15) is 0 Å². The van der Waals surface area contributed by atoms with Gasteiger partial charge < -0.3 is 10.5 Å². The van der Waals surface area contributed by atoms with Crippen LogP contribution < -0.4 is 5.73 Å². The summed E-state index contributed by atoms with van der Waals surface area (Å²) in [6, 6.07) is 6.21. The smallest absolute Gasteiger partial charge is 0.327 e. The number of carbonyl (C=O) groups is 1. The molecule has 1 aromatic rings. The third-order valence-electron chi connectivity index (χ3n) is 3.23. The van der Waals surface area contributed by atoms with Crippen molar-refractivity contribution in [2.75, 3.05) is 6.61 Å². The highest BCUT2D eigenvalue weighted by Crippen LogP contribution is 2.16. The van der Waals surface area contributed by atoms with Gasteiger partial charge in [-0.1, -0.05) is 62.8 Å². The van der Waals surface area contributed by atoms with Crippen LogP contribution in [-0.4, -0.2) is 12.6 Å². The lowest BCUT2D eigenvalue weighted by molar-refractivity contribution is -0.145. The molecule has 0 fully saturated rings. The fourth-order valence-corrected chi connectivity index (χ4v) is 2.08. The third kappa shape index (κ3) is 6.40. The summed E-state index contributed by atoms with van der Waals surface area (Å²) in [5.74, 6) is -0.374. The van der Waals surface area contributed by atoms with Gasteiger partial charge in [0.15, 0.2) is 0 Å². The first kappa shape index (κ1) is 17.0. The number of esters is 1. The molecule has 0 heterocycles. The molecule has 0 aromatic heterocycles. The molecule has 1 atom stereocenters. The van der Waals surface area contributed by atoms with Crippen LogP contribution in [0.1, 0.15) is 57.1 Å². The first-order valence-corrected chi connectivity index (χ1v) is 7.70. The quantitative estimate of drug-likeness (QED) is 0.548. The van der Waals surface area contributed by atoms with Crippen molar-refractivity contribution >= 4 is 17.6 Å². The Morgan fingerprint density at radius 1 is 1.15 bits per heavy atom. The van der Waals surface area contributed by atoms with E-state index in [4.69, 9.17) is 22.1 Å². The minimum atomic E-state index is -0.729. The summed E-state index contributed by atoms with van der Waals surface area (Å²) in [6.45, 7) is 2.65. The van der Waals surface area contributed by atoms with Gasteiger partial charge in [0.2, 0.25) is 0 Å². The fourth-order valence-electron chi connectivity index (χ4n) is 1.95. The van der Waals surface area contributed by atoms with Crippen molar-refractivity contribution < 1.29 is 9.53 Å². The Morgan fingerprint density at radius 2 is 1.75 bits per heavy atom. The van der Waals surface area contributed by atoms with Crippen LogP contribution in [0.3, 0.4) is 0 Å². The van der Waals surface area contributed by atoms with E-state index in [0.29, 0.717) is 11.6 Å². The van der Waals surface area contributed by atoms with Crippen LogP contribution in [0.4, 0.5) is 0 Å². The molecule has 1 aromatic carbocycles. The summed E-state index contributed by atoms with van der Waals surface area (Å²) in [5.41, 5.74) is 6.58. The second-order valence-corrected chi connectivity index (χ2v) is 5.40. The highest BCUT2D eigenvalue weighted by atomic mass is 35.5. The van der Waals surface area contributed by atoms with Crippen molar-refractivity contribution in [2.45, 2.75) is 51.5 Å². The Morgan fingerprint density at radius 3 is 2.40 bits per heavy atom. The standard InChI is InChI=1S/C16H24ClNO2/c1-2-3-4-5-6-7-12-20-16(19)15(18)13-8-10-14(17)11-9-13/h8-11,15H,2-7,12,18H2,1H3/t15-/m1/s1. The molecule has 3 nitrogen and oxygen atoms in total.